The van der Waals surface area contributed by atoms with Crippen molar-refractivity contribution in [2.75, 3.05) is 25.6 Å². The van der Waals surface area contributed by atoms with Crippen LogP contribution in [0.25, 0.3) is 0 Å². The lowest BCUT2D eigenvalue weighted by Crippen LogP contribution is -2.31. The quantitative estimate of drug-likeness (QED) is 0.114. The van der Waals surface area contributed by atoms with E-state index >= 15 is 0 Å². The monoisotopic (exact) mass is 560 g/mol. The minimum Gasteiger partial charge on any atom is -0.493 e. The van der Waals surface area contributed by atoms with Crippen LogP contribution < -0.4 is 14.9 Å². The zero-order valence-electron chi connectivity index (χ0n) is 20.8. The van der Waals surface area contributed by atoms with Crippen molar-refractivity contribution in [3.8, 4) is 11.5 Å². The third-order valence-electron chi connectivity index (χ3n) is 5.38. The number of nitrogens with zero attached hydrogens (tertiary/aromatic N) is 3. The molecule has 3 aromatic carbocycles. The molecule has 0 fully saturated rings. The maximum absolute atomic E-state index is 13.1. The van der Waals surface area contributed by atoms with Gasteiger partial charge in [-0.15, -0.1) is 0 Å². The summed E-state index contributed by atoms with van der Waals surface area (Å²) in [4.78, 5) is 22.8. The van der Waals surface area contributed by atoms with Crippen LogP contribution in [-0.2, 0) is 10.0 Å². The average molecular weight is 561 g/mol. The molecule has 11 nitrogen and oxygen atoms in total. The van der Waals surface area contributed by atoms with Crippen LogP contribution in [0.4, 0.5) is 11.4 Å². The average Bonchev–Trinajstić information content (AvgIpc) is 2.90. The number of rotatable bonds is 11. The summed E-state index contributed by atoms with van der Waals surface area (Å²) in [5, 5.41) is 15.6. The lowest BCUT2D eigenvalue weighted by molar-refractivity contribution is -0.385. The van der Waals surface area contributed by atoms with Crippen LogP contribution in [0.3, 0.4) is 0 Å². The van der Waals surface area contributed by atoms with Crippen molar-refractivity contribution in [3.05, 3.63) is 86.9 Å². The van der Waals surface area contributed by atoms with Crippen molar-refractivity contribution in [3.63, 3.8) is 0 Å². The third-order valence-corrected chi connectivity index (χ3v) is 7.80. The van der Waals surface area contributed by atoms with Crippen molar-refractivity contribution >= 4 is 45.2 Å². The Bertz CT molecular complexity index is 1470. The Morgan fingerprint density at radius 1 is 1.11 bits per heavy atom. The summed E-state index contributed by atoms with van der Waals surface area (Å²) in [5.41, 5.74) is 3.08. The van der Waals surface area contributed by atoms with Crippen molar-refractivity contribution in [2.45, 2.75) is 18.7 Å². The van der Waals surface area contributed by atoms with Gasteiger partial charge in [0.1, 0.15) is 4.90 Å². The standard InChI is InChI=1S/C25H25ClN4O7S/c1-4-29(5-2)38(34,35)24-15-18(30(32)33)11-12-21(24)28-27-16-17-10-13-22(23(14-17)36-3)37-25(31)19-8-6-7-9-20(19)26/h6-16,28H,4-5H2,1-3H3/b27-16+. The number of carbonyl (C=O) groups excluding carboxylic acids is 1. The highest BCUT2D eigenvalue weighted by atomic mass is 35.5. The van der Waals surface area contributed by atoms with Gasteiger partial charge in [0.25, 0.3) is 5.69 Å². The van der Waals surface area contributed by atoms with E-state index in [9.17, 15) is 23.3 Å². The number of methoxy groups -OCH3 is 1. The zero-order chi connectivity index (χ0) is 27.9. The number of halogens is 1. The van der Waals surface area contributed by atoms with Gasteiger partial charge in [-0.2, -0.15) is 9.41 Å². The lowest BCUT2D eigenvalue weighted by Gasteiger charge is -2.20. The highest BCUT2D eigenvalue weighted by Crippen LogP contribution is 2.31. The van der Waals surface area contributed by atoms with Crippen LogP contribution in [0.15, 0.2) is 70.7 Å². The molecule has 3 rings (SSSR count). The second-order valence-corrected chi connectivity index (χ2v) is 9.99. The van der Waals surface area contributed by atoms with E-state index in [-0.39, 0.29) is 51.4 Å². The number of hydrogen-bond acceptors (Lipinski definition) is 9. The maximum atomic E-state index is 13.1. The largest absolute Gasteiger partial charge is 0.493 e. The van der Waals surface area contributed by atoms with Gasteiger partial charge >= 0.3 is 5.97 Å². The molecular weight excluding hydrogens is 536 g/mol. The number of hydrogen-bond donors (Lipinski definition) is 1. The Morgan fingerprint density at radius 3 is 2.45 bits per heavy atom. The smallest absolute Gasteiger partial charge is 0.345 e. The molecule has 1 N–H and O–H groups in total. The van der Waals surface area contributed by atoms with E-state index in [4.69, 9.17) is 21.1 Å². The fraction of sp³-hybridized carbons (Fsp3) is 0.200. The van der Waals surface area contributed by atoms with Crippen LogP contribution >= 0.6 is 11.6 Å². The summed E-state index contributed by atoms with van der Waals surface area (Å²) in [6.45, 7) is 3.73. The molecule has 0 spiro atoms. The van der Waals surface area contributed by atoms with Crippen molar-refractivity contribution in [2.24, 2.45) is 5.10 Å². The second-order valence-electron chi connectivity index (χ2n) is 7.68. The van der Waals surface area contributed by atoms with Crippen molar-refractivity contribution in [1.29, 1.82) is 0 Å². The Kier molecular flexibility index (Phi) is 9.40. The highest BCUT2D eigenvalue weighted by molar-refractivity contribution is 7.89. The number of ether oxygens (including phenoxy) is 2. The fourth-order valence-electron chi connectivity index (χ4n) is 3.44. The SMILES string of the molecule is CCN(CC)S(=O)(=O)c1cc([N+](=O)[O-])ccc1N/N=C/c1ccc(OC(=O)c2ccccc2Cl)c(OC)c1. The van der Waals surface area contributed by atoms with Gasteiger partial charge in [-0.3, -0.25) is 15.5 Å². The van der Waals surface area contributed by atoms with E-state index in [1.54, 1.807) is 44.2 Å². The number of nitro benzene ring substituents is 1. The van der Waals surface area contributed by atoms with E-state index < -0.39 is 20.9 Å². The molecule has 200 valence electrons. The minimum absolute atomic E-state index is 0.0657. The van der Waals surface area contributed by atoms with Gasteiger partial charge in [-0.05, 0) is 42.0 Å². The number of nitrogens with one attached hydrogen (secondary N) is 1. The summed E-state index contributed by atoms with van der Waals surface area (Å²) in [7, 11) is -2.62. The minimum atomic E-state index is -4.02. The van der Waals surface area contributed by atoms with E-state index in [2.05, 4.69) is 10.5 Å². The normalized spacial score (nSPS) is 11.5. The van der Waals surface area contributed by atoms with E-state index in [0.29, 0.717) is 5.56 Å². The number of carbonyl (C=O) groups is 1. The van der Waals surface area contributed by atoms with Crippen molar-refractivity contribution in [1.82, 2.24) is 4.31 Å². The van der Waals surface area contributed by atoms with Crippen LogP contribution in [0.1, 0.15) is 29.8 Å². The van der Waals surface area contributed by atoms with Crippen LogP contribution in [0.2, 0.25) is 5.02 Å². The topological polar surface area (TPSA) is 140 Å². The van der Waals surface area contributed by atoms with Crippen molar-refractivity contribution < 1.29 is 27.6 Å². The first-order valence-electron chi connectivity index (χ1n) is 11.3. The molecule has 0 radical (unpaired) electrons. The third kappa shape index (κ3) is 6.46. The Morgan fingerprint density at radius 2 is 1.82 bits per heavy atom. The molecule has 0 aliphatic carbocycles. The summed E-state index contributed by atoms with van der Waals surface area (Å²) in [6.07, 6.45) is 1.39. The number of benzene rings is 3. The van der Waals surface area contributed by atoms with Gasteiger partial charge in [0.05, 0.1) is 34.5 Å². The van der Waals surface area contributed by atoms with Crippen LogP contribution in [0.5, 0.6) is 11.5 Å². The highest BCUT2D eigenvalue weighted by Gasteiger charge is 2.27. The summed E-state index contributed by atoms with van der Waals surface area (Å²) >= 11 is 6.06. The Balaban J connectivity index is 1.85. The first-order valence-corrected chi connectivity index (χ1v) is 13.2. The number of anilines is 1. The molecule has 13 heteroatoms. The molecule has 0 heterocycles. The summed E-state index contributed by atoms with van der Waals surface area (Å²) in [6, 6.07) is 14.6. The Labute approximate surface area is 224 Å². The number of hydrazone groups is 1. The molecule has 0 atom stereocenters. The molecule has 0 amide bonds. The van der Waals surface area contributed by atoms with Gasteiger partial charge in [0.15, 0.2) is 11.5 Å². The lowest BCUT2D eigenvalue weighted by atomic mass is 10.2. The first kappa shape index (κ1) is 28.6. The number of non-ortho nitro benzene ring substituents is 1. The summed E-state index contributed by atoms with van der Waals surface area (Å²) < 4.78 is 38.1. The van der Waals surface area contributed by atoms with Gasteiger partial charge < -0.3 is 9.47 Å². The molecule has 3 aromatic rings. The molecule has 0 aliphatic rings. The molecule has 0 aromatic heterocycles. The molecule has 0 saturated heterocycles. The molecular formula is C25H25ClN4O7S. The van der Waals surface area contributed by atoms with Gasteiger partial charge in [-0.25, -0.2) is 13.2 Å². The zero-order valence-corrected chi connectivity index (χ0v) is 22.3. The number of esters is 1. The van der Waals surface area contributed by atoms with E-state index in [0.717, 1.165) is 6.07 Å². The van der Waals surface area contributed by atoms with E-state index in [1.165, 1.54) is 41.9 Å². The van der Waals surface area contributed by atoms with E-state index in [1.807, 2.05) is 0 Å². The second kappa shape index (κ2) is 12.5. The van der Waals surface area contributed by atoms with Gasteiger partial charge in [0.2, 0.25) is 10.0 Å². The molecule has 0 saturated carbocycles. The van der Waals surface area contributed by atoms with Crippen LogP contribution in [0, 0.1) is 10.1 Å². The number of nitro groups is 1. The predicted molar refractivity (Wildman–Crippen MR) is 144 cm³/mol. The number of sulfonamides is 1. The Hall–Kier alpha value is -4.00. The maximum Gasteiger partial charge on any atom is 0.345 e. The van der Waals surface area contributed by atoms with Gasteiger partial charge in [0, 0.05) is 25.2 Å². The molecule has 38 heavy (non-hydrogen) atoms. The van der Waals surface area contributed by atoms with Gasteiger partial charge in [-0.1, -0.05) is 37.6 Å². The predicted octanol–water partition coefficient (Wildman–Crippen LogP) is 4.95. The molecule has 0 aliphatic heterocycles. The summed E-state index contributed by atoms with van der Waals surface area (Å²) in [5.74, 6) is -0.253. The molecule has 0 bridgehead atoms. The molecule has 0 unspecified atom stereocenters. The first-order chi connectivity index (χ1) is 18.1. The van der Waals surface area contributed by atoms with Crippen LogP contribution in [-0.4, -0.2) is 50.0 Å². The fourth-order valence-corrected chi connectivity index (χ4v) is 5.27.